The molecule has 3 heterocycles. The van der Waals surface area contributed by atoms with E-state index in [2.05, 4.69) is 46.5 Å². The Morgan fingerprint density at radius 1 is 1.39 bits per heavy atom. The van der Waals surface area contributed by atoms with E-state index in [1.54, 1.807) is 10.7 Å². The highest BCUT2D eigenvalue weighted by atomic mass is 35.5. The first-order chi connectivity index (χ1) is 15.4. The number of fused-ring (bicyclic) bond motifs is 1. The lowest BCUT2D eigenvalue weighted by Crippen LogP contribution is -2.59. The van der Waals surface area contributed by atoms with Gasteiger partial charge in [-0.1, -0.05) is 48.5 Å². The summed E-state index contributed by atoms with van der Waals surface area (Å²) in [5, 5.41) is 6.74. The summed E-state index contributed by atoms with van der Waals surface area (Å²) in [7, 11) is -1.51. The molecule has 2 atom stereocenters. The smallest absolute Gasteiger partial charge is 0.280 e. The number of halogens is 3. The van der Waals surface area contributed by atoms with Gasteiger partial charge < -0.3 is 11.1 Å². The molecule has 3 aromatic rings. The molecule has 3 N–H and O–H groups in total. The molecule has 0 bridgehead atoms. The lowest BCUT2D eigenvalue weighted by atomic mass is 9.87. The summed E-state index contributed by atoms with van der Waals surface area (Å²) in [6.07, 6.45) is 3.89. The number of thiazole rings is 1. The highest BCUT2D eigenvalue weighted by Gasteiger charge is 2.46. The minimum absolute atomic E-state index is 0.000506. The van der Waals surface area contributed by atoms with Gasteiger partial charge in [-0.05, 0) is 25.0 Å². The van der Waals surface area contributed by atoms with Crippen LogP contribution in [0.1, 0.15) is 34.6 Å². The quantitative estimate of drug-likeness (QED) is 0.401. The number of hydrogen-bond acceptors (Lipinski definition) is 5. The number of carbonyl (C=O) groups is 1. The summed E-state index contributed by atoms with van der Waals surface area (Å²) in [4.78, 5) is 17.0. The fourth-order valence-electron chi connectivity index (χ4n) is 3.69. The molecule has 0 aromatic carbocycles. The number of nitrogens with one attached hydrogen (secondary N) is 1. The molecule has 0 spiro atoms. The summed E-state index contributed by atoms with van der Waals surface area (Å²) in [6.45, 7) is 6.52. The minimum atomic E-state index is -3.06. The van der Waals surface area contributed by atoms with Gasteiger partial charge in [-0.15, -0.1) is 5.54 Å². The first kappa shape index (κ1) is 23.8. The van der Waals surface area contributed by atoms with Crippen LogP contribution in [0.25, 0.3) is 16.8 Å². The molecule has 1 fully saturated rings. The summed E-state index contributed by atoms with van der Waals surface area (Å²) in [5.41, 5.74) is 11.8. The van der Waals surface area contributed by atoms with Crippen LogP contribution in [0.15, 0.2) is 24.5 Å². The van der Waals surface area contributed by atoms with Crippen molar-refractivity contribution >= 4 is 42.4 Å². The fraction of sp³-hybridized carbons (Fsp3) is 0.409. The first-order valence-corrected chi connectivity index (χ1v) is 15.3. The number of alkyl halides is 2. The van der Waals surface area contributed by atoms with E-state index >= 15 is 0 Å². The Bertz CT molecular complexity index is 1270. The normalized spacial score (nSPS) is 20.3. The Kier molecular flexibility index (Phi) is 6.35. The number of pyridine rings is 1. The van der Waals surface area contributed by atoms with E-state index in [1.165, 1.54) is 0 Å². The third kappa shape index (κ3) is 5.11. The van der Waals surface area contributed by atoms with Crippen LogP contribution in [-0.4, -0.2) is 46.6 Å². The second-order valence-electron chi connectivity index (χ2n) is 9.22. The first-order valence-electron chi connectivity index (χ1n) is 10.6. The lowest BCUT2D eigenvalue weighted by Gasteiger charge is -2.36. The lowest BCUT2D eigenvalue weighted by molar-refractivity contribution is -0.0674. The number of carbonyl (C=O) groups excluding carboxylic acids is 1. The van der Waals surface area contributed by atoms with Gasteiger partial charge in [0.25, 0.3) is 11.8 Å². The Morgan fingerprint density at radius 3 is 2.85 bits per heavy atom. The van der Waals surface area contributed by atoms with Crippen LogP contribution < -0.4 is 11.1 Å². The molecular weight excluding hydrogens is 484 g/mol. The summed E-state index contributed by atoms with van der Waals surface area (Å²) >= 11 is 7.32. The molecule has 0 aliphatic heterocycles. The number of amides is 1. The van der Waals surface area contributed by atoms with Gasteiger partial charge in [-0.25, -0.2) is 18.3 Å². The van der Waals surface area contributed by atoms with Gasteiger partial charge in [0, 0.05) is 29.8 Å². The molecule has 0 saturated heterocycles. The predicted octanol–water partition coefficient (Wildman–Crippen LogP) is 4.59. The van der Waals surface area contributed by atoms with Crippen LogP contribution in [0.3, 0.4) is 0 Å². The molecule has 11 heteroatoms. The molecule has 0 unspecified atom stereocenters. The number of aromatic nitrogens is 3. The number of hydrogen-bond donors (Lipinski definition) is 2. The van der Waals surface area contributed by atoms with Gasteiger partial charge in [0.1, 0.15) is 24.1 Å². The maximum Gasteiger partial charge on any atom is 0.280 e. The third-order valence-electron chi connectivity index (χ3n) is 5.35. The van der Waals surface area contributed by atoms with Crippen molar-refractivity contribution in [1.29, 1.82) is 0 Å². The van der Waals surface area contributed by atoms with E-state index in [9.17, 15) is 13.6 Å². The zero-order chi connectivity index (χ0) is 24.0. The Hall–Kier alpha value is -2.32. The topological polar surface area (TPSA) is 85.3 Å². The summed E-state index contributed by atoms with van der Waals surface area (Å²) < 4.78 is 30.5. The van der Waals surface area contributed by atoms with Crippen molar-refractivity contribution in [3.8, 4) is 22.7 Å². The molecule has 0 radical (unpaired) electrons. The van der Waals surface area contributed by atoms with Crippen molar-refractivity contribution in [2.24, 2.45) is 5.73 Å². The second-order valence-corrected chi connectivity index (χ2v) is 15.6. The number of rotatable bonds is 3. The van der Waals surface area contributed by atoms with Crippen LogP contribution in [0.4, 0.5) is 8.78 Å². The van der Waals surface area contributed by atoms with Gasteiger partial charge in [0.15, 0.2) is 5.01 Å². The van der Waals surface area contributed by atoms with E-state index in [1.807, 2.05) is 18.3 Å². The molecular formula is C22H24ClF2N5OSSi. The summed E-state index contributed by atoms with van der Waals surface area (Å²) in [6, 6.07) is 1.52. The maximum absolute atomic E-state index is 14.3. The van der Waals surface area contributed by atoms with Crippen LogP contribution >= 0.6 is 22.9 Å². The Morgan fingerprint density at radius 2 is 2.15 bits per heavy atom. The largest absolute Gasteiger partial charge is 0.340 e. The molecule has 33 heavy (non-hydrogen) atoms. The molecule has 1 saturated carbocycles. The van der Waals surface area contributed by atoms with E-state index in [0.29, 0.717) is 24.1 Å². The van der Waals surface area contributed by atoms with Gasteiger partial charge in [0.2, 0.25) is 0 Å². The van der Waals surface area contributed by atoms with E-state index in [4.69, 9.17) is 17.3 Å². The summed E-state index contributed by atoms with van der Waals surface area (Å²) in [5.74, 6) is -0.580. The standard InChI is InChI=1S/C22H24ClF2N5OSSi/c1-33(2,3)10-8-13-6-7-16-14(11-27-30(16)12-13)17-19(23)32-21(28-17)20(31)29-18-15(26)5-4-9-22(18,24)25/h6-7,11-12,15,18H,4-5,9,26H2,1-3H3,(H,29,31)/t15-,18+/m0/s1. The van der Waals surface area contributed by atoms with Crippen molar-refractivity contribution in [1.82, 2.24) is 19.9 Å². The zero-order valence-corrected chi connectivity index (χ0v) is 21.0. The highest BCUT2D eigenvalue weighted by molar-refractivity contribution is 7.18. The molecule has 1 aliphatic rings. The molecule has 3 aromatic heterocycles. The molecule has 174 valence electrons. The van der Waals surface area contributed by atoms with E-state index in [0.717, 1.165) is 22.4 Å². The van der Waals surface area contributed by atoms with Gasteiger partial charge >= 0.3 is 0 Å². The van der Waals surface area contributed by atoms with Gasteiger partial charge in [0.05, 0.1) is 11.7 Å². The van der Waals surface area contributed by atoms with Gasteiger partial charge in [-0.2, -0.15) is 5.10 Å². The predicted molar refractivity (Wildman–Crippen MR) is 130 cm³/mol. The van der Waals surface area contributed by atoms with Crippen LogP contribution in [0.5, 0.6) is 0 Å². The van der Waals surface area contributed by atoms with E-state index < -0.39 is 32.0 Å². The van der Waals surface area contributed by atoms with Crippen molar-refractivity contribution in [3.63, 3.8) is 0 Å². The Labute approximate surface area is 200 Å². The fourth-order valence-corrected chi connectivity index (χ4v) is 5.28. The van der Waals surface area contributed by atoms with Crippen molar-refractivity contribution in [2.45, 2.75) is 56.9 Å². The monoisotopic (exact) mass is 507 g/mol. The Balaban J connectivity index is 1.60. The maximum atomic E-state index is 14.3. The molecule has 1 aliphatic carbocycles. The average Bonchev–Trinajstić information content (AvgIpc) is 3.31. The van der Waals surface area contributed by atoms with E-state index in [-0.39, 0.29) is 15.8 Å². The minimum Gasteiger partial charge on any atom is -0.340 e. The second kappa shape index (κ2) is 8.80. The van der Waals surface area contributed by atoms with Gasteiger partial charge in [-0.3, -0.25) is 4.79 Å². The molecule has 1 amide bonds. The zero-order valence-electron chi connectivity index (χ0n) is 18.5. The average molecular weight is 508 g/mol. The number of nitrogens with zero attached hydrogens (tertiary/aromatic N) is 3. The van der Waals surface area contributed by atoms with Crippen molar-refractivity contribution in [3.05, 3.63) is 39.4 Å². The molecule has 6 nitrogen and oxygen atoms in total. The SMILES string of the molecule is C[Si](C)(C)C#Cc1ccc2c(-c3nc(C(=O)N[C@@H]4[C@@H](N)CCCC4(F)F)sc3Cl)cnn2c1. The van der Waals surface area contributed by atoms with Crippen LogP contribution in [0, 0.1) is 11.5 Å². The third-order valence-corrected chi connectivity index (χ3v) is 7.48. The molecule has 4 rings (SSSR count). The number of nitrogens with two attached hydrogens (primary N) is 1. The van der Waals surface area contributed by atoms with Crippen molar-refractivity contribution in [2.75, 3.05) is 0 Å². The van der Waals surface area contributed by atoms with Crippen LogP contribution in [-0.2, 0) is 0 Å². The highest BCUT2D eigenvalue weighted by Crippen LogP contribution is 2.36. The van der Waals surface area contributed by atoms with Crippen molar-refractivity contribution < 1.29 is 13.6 Å². The van der Waals surface area contributed by atoms with Crippen LogP contribution in [0.2, 0.25) is 24.0 Å².